The minimum Gasteiger partial charge on any atom is -0.330 e. The van der Waals surface area contributed by atoms with Crippen molar-refractivity contribution in [3.8, 4) is 0 Å². The van der Waals surface area contributed by atoms with E-state index in [2.05, 4.69) is 32.9 Å². The molecular weight excluding hydrogens is 234 g/mol. The van der Waals surface area contributed by atoms with Gasteiger partial charge in [0.25, 0.3) is 0 Å². The standard InChI is InChI=1S/C17H27NO/c1-12-7-8-13(16(2,3)4)11-14(12)15(19)17(5,6)9-10-18/h7-8,11H,9-10,18H2,1-6H3. The third kappa shape index (κ3) is 3.66. The normalized spacial score (nSPS) is 12.6. The molecule has 0 aliphatic heterocycles. The van der Waals surface area contributed by atoms with E-state index in [-0.39, 0.29) is 11.2 Å². The van der Waals surface area contributed by atoms with Crippen LogP contribution in [0.15, 0.2) is 18.2 Å². The van der Waals surface area contributed by atoms with Crippen LogP contribution in [0.1, 0.15) is 62.5 Å². The first kappa shape index (κ1) is 15.9. The second-order valence-corrected chi connectivity index (χ2v) is 7.03. The zero-order valence-corrected chi connectivity index (χ0v) is 13.1. The number of rotatable bonds is 4. The fourth-order valence-electron chi connectivity index (χ4n) is 2.17. The van der Waals surface area contributed by atoms with E-state index in [1.165, 1.54) is 5.56 Å². The third-order valence-corrected chi connectivity index (χ3v) is 3.73. The summed E-state index contributed by atoms with van der Waals surface area (Å²) < 4.78 is 0. The van der Waals surface area contributed by atoms with Gasteiger partial charge in [-0.3, -0.25) is 4.79 Å². The number of nitrogens with two attached hydrogens (primary N) is 1. The smallest absolute Gasteiger partial charge is 0.168 e. The molecular formula is C17H27NO. The monoisotopic (exact) mass is 261 g/mol. The zero-order chi connectivity index (χ0) is 14.8. The van der Waals surface area contributed by atoms with E-state index < -0.39 is 5.41 Å². The average molecular weight is 261 g/mol. The summed E-state index contributed by atoms with van der Waals surface area (Å²) in [5, 5.41) is 0. The number of benzene rings is 1. The average Bonchev–Trinajstić information content (AvgIpc) is 2.27. The summed E-state index contributed by atoms with van der Waals surface area (Å²) in [4.78, 5) is 12.7. The lowest BCUT2D eigenvalue weighted by molar-refractivity contribution is 0.0828. The van der Waals surface area contributed by atoms with Crippen molar-refractivity contribution < 1.29 is 4.79 Å². The van der Waals surface area contributed by atoms with E-state index in [9.17, 15) is 4.79 Å². The van der Waals surface area contributed by atoms with Crippen molar-refractivity contribution in [3.63, 3.8) is 0 Å². The minimum atomic E-state index is -0.393. The fraction of sp³-hybridized carbons (Fsp3) is 0.588. The number of hydrogen-bond donors (Lipinski definition) is 1. The molecule has 0 unspecified atom stereocenters. The highest BCUT2D eigenvalue weighted by molar-refractivity contribution is 6.01. The van der Waals surface area contributed by atoms with Gasteiger partial charge in [-0.15, -0.1) is 0 Å². The zero-order valence-electron chi connectivity index (χ0n) is 13.1. The molecule has 1 aromatic rings. The van der Waals surface area contributed by atoms with Crippen LogP contribution in [0.25, 0.3) is 0 Å². The van der Waals surface area contributed by atoms with Gasteiger partial charge in [0.1, 0.15) is 0 Å². The number of ketones is 1. The van der Waals surface area contributed by atoms with Gasteiger partial charge < -0.3 is 5.73 Å². The summed E-state index contributed by atoms with van der Waals surface area (Å²) in [5.41, 5.74) is 8.36. The molecule has 0 bridgehead atoms. The fourth-order valence-corrected chi connectivity index (χ4v) is 2.17. The van der Waals surface area contributed by atoms with Crippen LogP contribution < -0.4 is 5.73 Å². The van der Waals surface area contributed by atoms with Crippen molar-refractivity contribution in [1.29, 1.82) is 0 Å². The Labute approximate surface area is 117 Å². The van der Waals surface area contributed by atoms with Gasteiger partial charge in [0.05, 0.1) is 0 Å². The first-order chi connectivity index (χ1) is 8.59. The van der Waals surface area contributed by atoms with Crippen LogP contribution >= 0.6 is 0 Å². The number of Topliss-reactive ketones (excluding diaryl/α,β-unsaturated/α-hetero) is 1. The Bertz CT molecular complexity index is 467. The van der Waals surface area contributed by atoms with Crippen molar-refractivity contribution in [2.75, 3.05) is 6.54 Å². The van der Waals surface area contributed by atoms with E-state index in [1.807, 2.05) is 26.8 Å². The maximum atomic E-state index is 12.7. The van der Waals surface area contributed by atoms with Crippen molar-refractivity contribution >= 4 is 5.78 Å². The van der Waals surface area contributed by atoms with Gasteiger partial charge in [0, 0.05) is 11.0 Å². The summed E-state index contributed by atoms with van der Waals surface area (Å²) in [7, 11) is 0. The van der Waals surface area contributed by atoms with Crippen LogP contribution in [0.3, 0.4) is 0 Å². The first-order valence-electron chi connectivity index (χ1n) is 6.95. The van der Waals surface area contributed by atoms with Crippen molar-refractivity contribution in [1.82, 2.24) is 0 Å². The second kappa shape index (κ2) is 5.46. The van der Waals surface area contributed by atoms with Gasteiger partial charge in [-0.05, 0) is 42.5 Å². The molecule has 2 N–H and O–H groups in total. The van der Waals surface area contributed by atoms with Gasteiger partial charge in [0.2, 0.25) is 0 Å². The molecule has 0 atom stereocenters. The molecule has 0 aliphatic carbocycles. The number of carbonyl (C=O) groups is 1. The van der Waals surface area contributed by atoms with Crippen LogP contribution in [0.2, 0.25) is 0 Å². The Balaban J connectivity index is 3.23. The predicted octanol–water partition coefficient (Wildman–Crippen LogP) is 3.85. The number of hydrogen-bond acceptors (Lipinski definition) is 2. The Hall–Kier alpha value is -1.15. The lowest BCUT2D eigenvalue weighted by atomic mass is 9.78. The van der Waals surface area contributed by atoms with Crippen LogP contribution in [-0.2, 0) is 5.41 Å². The third-order valence-electron chi connectivity index (χ3n) is 3.73. The minimum absolute atomic E-state index is 0.0563. The van der Waals surface area contributed by atoms with Gasteiger partial charge in [-0.1, -0.05) is 46.8 Å². The lowest BCUT2D eigenvalue weighted by Crippen LogP contribution is -2.28. The highest BCUT2D eigenvalue weighted by Gasteiger charge is 2.29. The molecule has 106 valence electrons. The Kier molecular flexibility index (Phi) is 4.57. The topological polar surface area (TPSA) is 43.1 Å². The van der Waals surface area contributed by atoms with E-state index >= 15 is 0 Å². The van der Waals surface area contributed by atoms with E-state index in [0.717, 1.165) is 11.1 Å². The summed E-state index contributed by atoms with van der Waals surface area (Å²) in [5.74, 6) is 0.196. The quantitative estimate of drug-likeness (QED) is 0.837. The van der Waals surface area contributed by atoms with Crippen molar-refractivity contribution in [2.45, 2.75) is 53.4 Å². The summed E-state index contributed by atoms with van der Waals surface area (Å²) >= 11 is 0. The largest absolute Gasteiger partial charge is 0.330 e. The van der Waals surface area contributed by atoms with Gasteiger partial charge in [0.15, 0.2) is 5.78 Å². The van der Waals surface area contributed by atoms with Crippen LogP contribution in [-0.4, -0.2) is 12.3 Å². The van der Waals surface area contributed by atoms with Gasteiger partial charge >= 0.3 is 0 Å². The number of aryl methyl sites for hydroxylation is 1. The molecule has 0 aliphatic rings. The molecule has 0 radical (unpaired) electrons. The second-order valence-electron chi connectivity index (χ2n) is 7.03. The highest BCUT2D eigenvalue weighted by atomic mass is 16.1. The lowest BCUT2D eigenvalue weighted by Gasteiger charge is -2.25. The molecule has 0 spiro atoms. The first-order valence-corrected chi connectivity index (χ1v) is 6.95. The molecule has 0 fully saturated rings. The van der Waals surface area contributed by atoms with Crippen LogP contribution in [0, 0.1) is 12.3 Å². The SMILES string of the molecule is Cc1ccc(C(C)(C)C)cc1C(=O)C(C)(C)CCN. The summed E-state index contributed by atoms with van der Waals surface area (Å²) in [6.07, 6.45) is 0.713. The maximum Gasteiger partial charge on any atom is 0.168 e. The Morgan fingerprint density at radius 3 is 2.21 bits per heavy atom. The highest BCUT2D eigenvalue weighted by Crippen LogP contribution is 2.30. The summed E-state index contributed by atoms with van der Waals surface area (Å²) in [6.45, 7) is 13.0. The van der Waals surface area contributed by atoms with Crippen LogP contribution in [0.5, 0.6) is 0 Å². The van der Waals surface area contributed by atoms with Gasteiger partial charge in [-0.2, -0.15) is 0 Å². The Morgan fingerprint density at radius 2 is 1.74 bits per heavy atom. The number of carbonyl (C=O) groups excluding carboxylic acids is 1. The predicted molar refractivity (Wildman–Crippen MR) is 81.7 cm³/mol. The molecule has 1 rings (SSSR count). The van der Waals surface area contributed by atoms with Crippen LogP contribution in [0.4, 0.5) is 0 Å². The molecule has 0 saturated heterocycles. The molecule has 0 aromatic heterocycles. The Morgan fingerprint density at radius 1 is 1.16 bits per heavy atom. The molecule has 2 heteroatoms. The van der Waals surface area contributed by atoms with E-state index in [1.54, 1.807) is 0 Å². The summed E-state index contributed by atoms with van der Waals surface area (Å²) in [6, 6.07) is 6.21. The molecule has 19 heavy (non-hydrogen) atoms. The van der Waals surface area contributed by atoms with Gasteiger partial charge in [-0.25, -0.2) is 0 Å². The molecule has 2 nitrogen and oxygen atoms in total. The maximum absolute atomic E-state index is 12.7. The molecule has 0 saturated carbocycles. The molecule has 1 aromatic carbocycles. The van der Waals surface area contributed by atoms with E-state index in [0.29, 0.717) is 13.0 Å². The van der Waals surface area contributed by atoms with Crippen molar-refractivity contribution in [3.05, 3.63) is 34.9 Å². The molecule has 0 heterocycles. The van der Waals surface area contributed by atoms with E-state index in [4.69, 9.17) is 5.73 Å². The molecule has 0 amide bonds. The van der Waals surface area contributed by atoms with Crippen molar-refractivity contribution in [2.24, 2.45) is 11.1 Å².